The van der Waals surface area contributed by atoms with Gasteiger partial charge in [-0.3, -0.25) is 4.79 Å². The molecule has 1 amide bonds. The fourth-order valence-corrected chi connectivity index (χ4v) is 2.51. The van der Waals surface area contributed by atoms with E-state index in [4.69, 9.17) is 5.73 Å². The summed E-state index contributed by atoms with van der Waals surface area (Å²) in [7, 11) is 0. The van der Waals surface area contributed by atoms with Crippen molar-refractivity contribution < 1.29 is 9.18 Å². The summed E-state index contributed by atoms with van der Waals surface area (Å²) in [6.07, 6.45) is 2.07. The molecule has 0 saturated heterocycles. The Hall–Kier alpha value is -0.940. The minimum Gasteiger partial charge on any atom is -0.330 e. The molecule has 5 heteroatoms. The molecule has 1 aromatic rings. The van der Waals surface area contributed by atoms with Gasteiger partial charge in [0, 0.05) is 10.9 Å². The highest BCUT2D eigenvalue weighted by molar-refractivity contribution is 9.10. The summed E-state index contributed by atoms with van der Waals surface area (Å²) in [5.41, 5.74) is 5.79. The highest BCUT2D eigenvalue weighted by atomic mass is 79.9. The fraction of sp³-hybridized carbons (Fsp3) is 0.533. The van der Waals surface area contributed by atoms with Gasteiger partial charge in [0.25, 0.3) is 0 Å². The number of hydrogen-bond donors (Lipinski definition) is 2. The van der Waals surface area contributed by atoms with Crippen LogP contribution in [-0.4, -0.2) is 12.5 Å². The van der Waals surface area contributed by atoms with Crippen LogP contribution in [0.4, 0.5) is 10.1 Å². The average molecular weight is 345 g/mol. The van der Waals surface area contributed by atoms with Gasteiger partial charge in [0.15, 0.2) is 0 Å². The lowest BCUT2D eigenvalue weighted by molar-refractivity contribution is -0.116. The van der Waals surface area contributed by atoms with Crippen molar-refractivity contribution in [2.24, 2.45) is 17.6 Å². The summed E-state index contributed by atoms with van der Waals surface area (Å²) in [4.78, 5) is 11.9. The predicted molar refractivity (Wildman–Crippen MR) is 84.0 cm³/mol. The molecule has 0 radical (unpaired) electrons. The third kappa shape index (κ3) is 5.59. The lowest BCUT2D eigenvalue weighted by atomic mass is 9.88. The zero-order valence-corrected chi connectivity index (χ0v) is 13.5. The van der Waals surface area contributed by atoms with Gasteiger partial charge in [-0.1, -0.05) is 29.8 Å². The van der Waals surface area contributed by atoms with Crippen LogP contribution in [0.5, 0.6) is 0 Å². The van der Waals surface area contributed by atoms with Gasteiger partial charge in [0.2, 0.25) is 5.91 Å². The second-order valence-corrected chi connectivity index (χ2v) is 6.21. The standard InChI is InChI=1S/C15H22BrFN2O/c1-10(2)11(7-8-18)3-6-15(20)19-14-9-12(16)4-5-13(14)17/h4-5,9-11H,3,6-8,18H2,1-2H3,(H,19,20). The van der Waals surface area contributed by atoms with Crippen LogP contribution in [0.3, 0.4) is 0 Å². The highest BCUT2D eigenvalue weighted by Gasteiger charge is 2.15. The van der Waals surface area contributed by atoms with Crippen LogP contribution >= 0.6 is 15.9 Å². The number of hydrogen-bond acceptors (Lipinski definition) is 2. The van der Waals surface area contributed by atoms with Crippen molar-refractivity contribution in [1.29, 1.82) is 0 Å². The van der Waals surface area contributed by atoms with Crippen LogP contribution in [-0.2, 0) is 4.79 Å². The van der Waals surface area contributed by atoms with Gasteiger partial charge < -0.3 is 11.1 Å². The SMILES string of the molecule is CC(C)C(CCN)CCC(=O)Nc1cc(Br)ccc1F. The topological polar surface area (TPSA) is 55.1 Å². The first-order valence-electron chi connectivity index (χ1n) is 6.89. The maximum atomic E-state index is 13.5. The monoisotopic (exact) mass is 344 g/mol. The lowest BCUT2D eigenvalue weighted by Crippen LogP contribution is -2.18. The zero-order valence-electron chi connectivity index (χ0n) is 12.0. The van der Waals surface area contributed by atoms with E-state index in [-0.39, 0.29) is 11.6 Å². The molecule has 0 bridgehead atoms. The summed E-state index contributed by atoms with van der Waals surface area (Å²) >= 11 is 3.26. The Balaban J connectivity index is 2.53. The molecule has 3 N–H and O–H groups in total. The summed E-state index contributed by atoms with van der Waals surface area (Å²) in [6.45, 7) is 4.89. The van der Waals surface area contributed by atoms with E-state index in [0.29, 0.717) is 24.8 Å². The van der Waals surface area contributed by atoms with E-state index >= 15 is 0 Å². The third-order valence-corrected chi connectivity index (χ3v) is 3.92. The average Bonchev–Trinajstić information content (AvgIpc) is 2.38. The Kier molecular flexibility index (Phi) is 7.16. The molecule has 0 aromatic heterocycles. The first kappa shape index (κ1) is 17.1. The zero-order chi connectivity index (χ0) is 15.1. The van der Waals surface area contributed by atoms with Gasteiger partial charge in [0.1, 0.15) is 5.82 Å². The Morgan fingerprint density at radius 1 is 1.40 bits per heavy atom. The molecule has 0 saturated carbocycles. The number of carbonyl (C=O) groups is 1. The molecular formula is C15H22BrFN2O. The molecule has 1 rings (SSSR count). The second kappa shape index (κ2) is 8.37. The van der Waals surface area contributed by atoms with Gasteiger partial charge >= 0.3 is 0 Å². The minimum absolute atomic E-state index is 0.162. The van der Waals surface area contributed by atoms with Crippen LogP contribution in [0.1, 0.15) is 33.1 Å². The van der Waals surface area contributed by atoms with E-state index in [1.54, 1.807) is 12.1 Å². The van der Waals surface area contributed by atoms with E-state index in [1.807, 2.05) is 0 Å². The number of nitrogens with one attached hydrogen (secondary N) is 1. The Morgan fingerprint density at radius 3 is 2.70 bits per heavy atom. The van der Waals surface area contributed by atoms with Crippen LogP contribution in [0.25, 0.3) is 0 Å². The van der Waals surface area contributed by atoms with Crippen molar-refractivity contribution >= 4 is 27.5 Å². The number of halogens is 2. The Bertz CT molecular complexity index is 451. The van der Waals surface area contributed by atoms with Crippen LogP contribution in [0.15, 0.2) is 22.7 Å². The van der Waals surface area contributed by atoms with E-state index in [2.05, 4.69) is 35.1 Å². The van der Waals surface area contributed by atoms with Crippen molar-refractivity contribution in [3.05, 3.63) is 28.5 Å². The first-order valence-corrected chi connectivity index (χ1v) is 7.68. The quantitative estimate of drug-likeness (QED) is 0.787. The van der Waals surface area contributed by atoms with Gasteiger partial charge in [-0.15, -0.1) is 0 Å². The number of anilines is 1. The van der Waals surface area contributed by atoms with E-state index in [9.17, 15) is 9.18 Å². The molecule has 20 heavy (non-hydrogen) atoms. The number of nitrogens with two attached hydrogens (primary N) is 1. The van der Waals surface area contributed by atoms with E-state index in [1.165, 1.54) is 6.07 Å². The van der Waals surface area contributed by atoms with Crippen LogP contribution in [0.2, 0.25) is 0 Å². The number of carbonyl (C=O) groups excluding carboxylic acids is 1. The van der Waals surface area contributed by atoms with Crippen molar-refractivity contribution in [3.8, 4) is 0 Å². The molecule has 0 fully saturated rings. The third-order valence-electron chi connectivity index (χ3n) is 3.42. The van der Waals surface area contributed by atoms with Gasteiger partial charge in [-0.05, 0) is 49.4 Å². The number of benzene rings is 1. The smallest absolute Gasteiger partial charge is 0.224 e. The van der Waals surface area contributed by atoms with E-state index in [0.717, 1.165) is 17.3 Å². The molecule has 0 aliphatic heterocycles. The molecular weight excluding hydrogens is 323 g/mol. The fourth-order valence-electron chi connectivity index (χ4n) is 2.15. The maximum Gasteiger partial charge on any atom is 0.224 e. The number of amides is 1. The van der Waals surface area contributed by atoms with Gasteiger partial charge in [0.05, 0.1) is 5.69 Å². The highest BCUT2D eigenvalue weighted by Crippen LogP contribution is 2.23. The molecule has 1 atom stereocenters. The molecule has 0 spiro atoms. The summed E-state index contributed by atoms with van der Waals surface area (Å²) in [5, 5.41) is 2.61. The second-order valence-electron chi connectivity index (χ2n) is 5.29. The predicted octanol–water partition coefficient (Wildman–Crippen LogP) is 3.93. The Morgan fingerprint density at radius 2 is 2.10 bits per heavy atom. The molecule has 0 aliphatic carbocycles. The largest absolute Gasteiger partial charge is 0.330 e. The lowest BCUT2D eigenvalue weighted by Gasteiger charge is -2.19. The molecule has 0 heterocycles. The molecule has 0 aliphatic rings. The molecule has 1 aromatic carbocycles. The first-order chi connectivity index (χ1) is 9.43. The van der Waals surface area contributed by atoms with Crippen molar-refractivity contribution in [3.63, 3.8) is 0 Å². The Labute approximate surface area is 128 Å². The molecule has 112 valence electrons. The van der Waals surface area contributed by atoms with E-state index < -0.39 is 5.82 Å². The molecule has 3 nitrogen and oxygen atoms in total. The summed E-state index contributed by atoms with van der Waals surface area (Å²) < 4.78 is 14.3. The van der Waals surface area contributed by atoms with Crippen molar-refractivity contribution in [2.45, 2.75) is 33.1 Å². The summed E-state index contributed by atoms with van der Waals surface area (Å²) in [6, 6.07) is 4.49. The van der Waals surface area contributed by atoms with Crippen LogP contribution in [0, 0.1) is 17.7 Å². The van der Waals surface area contributed by atoms with Crippen molar-refractivity contribution in [2.75, 3.05) is 11.9 Å². The summed E-state index contributed by atoms with van der Waals surface area (Å²) in [5.74, 6) is 0.334. The molecule has 1 unspecified atom stereocenters. The van der Waals surface area contributed by atoms with Gasteiger partial charge in [-0.2, -0.15) is 0 Å². The van der Waals surface area contributed by atoms with Gasteiger partial charge in [-0.25, -0.2) is 4.39 Å². The van der Waals surface area contributed by atoms with Crippen LogP contribution < -0.4 is 11.1 Å². The maximum absolute atomic E-state index is 13.5. The minimum atomic E-state index is -0.427. The normalized spacial score (nSPS) is 12.5. The number of rotatable bonds is 7. The van der Waals surface area contributed by atoms with Crippen molar-refractivity contribution in [1.82, 2.24) is 0 Å².